The van der Waals surface area contributed by atoms with Crippen molar-refractivity contribution in [3.63, 3.8) is 0 Å². The molecule has 4 heteroatoms. The van der Waals surface area contributed by atoms with Crippen LogP contribution in [0.4, 0.5) is 16.4 Å². The molecule has 2 aliphatic rings. The van der Waals surface area contributed by atoms with Gasteiger partial charge >= 0.3 is 0 Å². The van der Waals surface area contributed by atoms with Crippen molar-refractivity contribution < 1.29 is 0 Å². The van der Waals surface area contributed by atoms with Gasteiger partial charge in [-0.05, 0) is 59.0 Å². The van der Waals surface area contributed by atoms with Crippen molar-refractivity contribution in [3.8, 4) is 0 Å². The minimum Gasteiger partial charge on any atom is -0.301 e. The van der Waals surface area contributed by atoms with Crippen LogP contribution in [0.15, 0.2) is 85.4 Å². The van der Waals surface area contributed by atoms with Crippen molar-refractivity contribution in [1.82, 2.24) is 5.43 Å². The predicted octanol–water partition coefficient (Wildman–Crippen LogP) is 5.48. The van der Waals surface area contributed by atoms with Gasteiger partial charge in [0.25, 0.3) is 0 Å². The van der Waals surface area contributed by atoms with Crippen LogP contribution in [0.25, 0.3) is 17.7 Å². The van der Waals surface area contributed by atoms with Crippen LogP contribution < -0.4 is 25.9 Å². The fourth-order valence-electron chi connectivity index (χ4n) is 5.19. The molecule has 34 heavy (non-hydrogen) atoms. The summed E-state index contributed by atoms with van der Waals surface area (Å²) in [5.74, 6) is 6.08. The number of hydrazine groups is 1. The van der Waals surface area contributed by atoms with Crippen LogP contribution in [0.1, 0.15) is 35.6 Å². The zero-order valence-electron chi connectivity index (χ0n) is 19.2. The van der Waals surface area contributed by atoms with Gasteiger partial charge in [-0.1, -0.05) is 79.4 Å². The van der Waals surface area contributed by atoms with E-state index < -0.39 is 5.54 Å². The summed E-state index contributed by atoms with van der Waals surface area (Å²) in [5, 5.41) is 2.68. The van der Waals surface area contributed by atoms with Crippen molar-refractivity contribution in [3.05, 3.63) is 117 Å². The first-order valence-electron chi connectivity index (χ1n) is 11.6. The van der Waals surface area contributed by atoms with Crippen molar-refractivity contribution in [2.24, 2.45) is 5.84 Å². The summed E-state index contributed by atoms with van der Waals surface area (Å²) >= 11 is 1.88. The maximum absolute atomic E-state index is 6.08. The Morgan fingerprint density at radius 1 is 0.912 bits per heavy atom. The third-order valence-electron chi connectivity index (χ3n) is 7.14. The van der Waals surface area contributed by atoms with E-state index in [-0.39, 0.29) is 0 Å². The highest BCUT2D eigenvalue weighted by Gasteiger charge is 2.30. The van der Waals surface area contributed by atoms with E-state index in [1.807, 2.05) is 29.5 Å². The van der Waals surface area contributed by atoms with Gasteiger partial charge in [-0.3, -0.25) is 5.84 Å². The maximum atomic E-state index is 6.08. The number of benzene rings is 3. The number of hydrogen-bond acceptors (Lipinski definition) is 4. The smallest absolute Gasteiger partial charge is 0.105 e. The highest BCUT2D eigenvalue weighted by atomic mass is 32.1. The fraction of sp³-hybridized carbons (Fsp3) is 0.133. The van der Waals surface area contributed by atoms with Crippen molar-refractivity contribution in [2.45, 2.75) is 25.3 Å². The second-order valence-electron chi connectivity index (χ2n) is 9.12. The molecule has 168 valence electrons. The summed E-state index contributed by atoms with van der Waals surface area (Å²) < 4.78 is 1.38. The van der Waals surface area contributed by atoms with E-state index in [9.17, 15) is 0 Å². The Balaban J connectivity index is 1.51. The lowest BCUT2D eigenvalue weighted by atomic mass is 9.85. The molecule has 1 aliphatic carbocycles. The SMILES string of the molecule is C=C1Cc2c(sc3c2=CCC=3)N(c2ccc(C(C)(NN)c3ccccc3)cc2)c2ccccc21. The first-order valence-corrected chi connectivity index (χ1v) is 12.4. The molecule has 2 heterocycles. The van der Waals surface area contributed by atoms with Gasteiger partial charge in [0.1, 0.15) is 5.00 Å². The molecule has 6 rings (SSSR count). The number of nitrogens with zero attached hydrogens (tertiary/aromatic N) is 1. The standard InChI is InChI=1S/C30H27N3S/c1-20-19-26-25-12-8-14-28(25)34-29(26)33(27-13-7-6-11-24(20)27)23-17-15-22(16-18-23)30(2,32-31)21-9-4-3-5-10-21/h3-7,9-18,32H,1,8,19,31H2,2H3. The first kappa shape index (κ1) is 21.1. The van der Waals surface area contributed by atoms with Crippen LogP contribution in [0.2, 0.25) is 0 Å². The Kier molecular flexibility index (Phi) is 5.03. The van der Waals surface area contributed by atoms with E-state index in [0.717, 1.165) is 29.7 Å². The number of anilines is 3. The van der Waals surface area contributed by atoms with Gasteiger partial charge < -0.3 is 4.90 Å². The van der Waals surface area contributed by atoms with E-state index in [1.165, 1.54) is 37.1 Å². The minimum atomic E-state index is -0.482. The molecule has 0 saturated heterocycles. The third kappa shape index (κ3) is 3.18. The van der Waals surface area contributed by atoms with E-state index in [0.29, 0.717) is 0 Å². The molecule has 1 aliphatic heterocycles. The summed E-state index contributed by atoms with van der Waals surface area (Å²) in [6.07, 6.45) is 6.59. The highest BCUT2D eigenvalue weighted by molar-refractivity contribution is 7.14. The van der Waals surface area contributed by atoms with E-state index in [4.69, 9.17) is 5.84 Å². The molecule has 1 unspecified atom stereocenters. The Hall–Kier alpha value is -3.44. The predicted molar refractivity (Wildman–Crippen MR) is 145 cm³/mol. The molecule has 0 saturated carbocycles. The molecule has 4 aromatic rings. The van der Waals surface area contributed by atoms with Crippen LogP contribution in [0.5, 0.6) is 0 Å². The lowest BCUT2D eigenvalue weighted by Crippen LogP contribution is -2.45. The number of rotatable bonds is 4. The summed E-state index contributed by atoms with van der Waals surface area (Å²) in [5.41, 5.74) is 10.9. The summed E-state index contributed by atoms with van der Waals surface area (Å²) in [7, 11) is 0. The average Bonchev–Trinajstić information content (AvgIpc) is 3.45. The second kappa shape index (κ2) is 8.10. The topological polar surface area (TPSA) is 41.3 Å². The van der Waals surface area contributed by atoms with Crippen molar-refractivity contribution >= 4 is 45.4 Å². The van der Waals surface area contributed by atoms with Crippen LogP contribution >= 0.6 is 11.3 Å². The number of nitrogens with two attached hydrogens (primary N) is 1. The quantitative estimate of drug-likeness (QED) is 0.312. The molecule has 3 nitrogen and oxygen atoms in total. The molecule has 0 amide bonds. The Labute approximate surface area is 204 Å². The monoisotopic (exact) mass is 461 g/mol. The van der Waals surface area contributed by atoms with Gasteiger partial charge in [0, 0.05) is 22.2 Å². The molecular weight excluding hydrogens is 434 g/mol. The highest BCUT2D eigenvalue weighted by Crippen LogP contribution is 2.45. The van der Waals surface area contributed by atoms with Crippen molar-refractivity contribution in [1.29, 1.82) is 0 Å². The van der Waals surface area contributed by atoms with Crippen LogP contribution in [-0.2, 0) is 12.0 Å². The maximum Gasteiger partial charge on any atom is 0.105 e. The molecule has 0 bridgehead atoms. The zero-order valence-corrected chi connectivity index (χ0v) is 20.0. The Morgan fingerprint density at radius 3 is 2.38 bits per heavy atom. The van der Waals surface area contributed by atoms with Crippen LogP contribution in [0, 0.1) is 0 Å². The molecule has 0 radical (unpaired) electrons. The minimum absolute atomic E-state index is 0.482. The molecule has 0 spiro atoms. The Bertz CT molecular complexity index is 1520. The number of fused-ring (bicyclic) bond motifs is 4. The number of nitrogens with one attached hydrogen (secondary N) is 1. The van der Waals surface area contributed by atoms with Gasteiger partial charge in [-0.25, -0.2) is 5.43 Å². The number of allylic oxidation sites excluding steroid dienone is 1. The summed E-state index contributed by atoms with van der Waals surface area (Å²) in [4.78, 5) is 2.41. The van der Waals surface area contributed by atoms with Crippen LogP contribution in [0.3, 0.4) is 0 Å². The summed E-state index contributed by atoms with van der Waals surface area (Å²) in [6.45, 7) is 6.59. The summed E-state index contributed by atoms with van der Waals surface area (Å²) in [6, 6.07) is 27.7. The van der Waals surface area contributed by atoms with Gasteiger partial charge in [0.15, 0.2) is 0 Å². The average molecular weight is 462 g/mol. The molecule has 3 N–H and O–H groups in total. The molecule has 3 aromatic carbocycles. The number of thiophene rings is 1. The number of para-hydroxylation sites is 1. The zero-order chi connectivity index (χ0) is 23.3. The van der Waals surface area contributed by atoms with Gasteiger partial charge in [0.2, 0.25) is 0 Å². The molecule has 1 atom stereocenters. The second-order valence-corrected chi connectivity index (χ2v) is 10.2. The molecular formula is C30H27N3S. The van der Waals surface area contributed by atoms with Gasteiger partial charge in [-0.15, -0.1) is 11.3 Å². The van der Waals surface area contributed by atoms with Gasteiger partial charge in [-0.2, -0.15) is 0 Å². The van der Waals surface area contributed by atoms with E-state index in [1.54, 1.807) is 0 Å². The molecule has 1 aromatic heterocycles. The largest absolute Gasteiger partial charge is 0.301 e. The first-order chi connectivity index (χ1) is 16.6. The third-order valence-corrected chi connectivity index (χ3v) is 8.37. The number of hydrogen-bond donors (Lipinski definition) is 2. The molecule has 0 fully saturated rings. The fourth-order valence-corrected chi connectivity index (χ4v) is 6.49. The lowest BCUT2D eigenvalue weighted by Gasteiger charge is -2.31. The van der Waals surface area contributed by atoms with E-state index >= 15 is 0 Å². The normalized spacial score (nSPS) is 15.9. The van der Waals surface area contributed by atoms with E-state index in [2.05, 4.69) is 96.6 Å². The van der Waals surface area contributed by atoms with Crippen molar-refractivity contribution in [2.75, 3.05) is 4.90 Å². The lowest BCUT2D eigenvalue weighted by molar-refractivity contribution is 0.452. The van der Waals surface area contributed by atoms with Gasteiger partial charge in [0.05, 0.1) is 11.2 Å². The Morgan fingerprint density at radius 2 is 1.62 bits per heavy atom. The van der Waals surface area contributed by atoms with Crippen LogP contribution in [-0.4, -0.2) is 0 Å².